The zero-order valence-electron chi connectivity index (χ0n) is 19.2. The molecule has 1 saturated heterocycles. The van der Waals surface area contributed by atoms with Gasteiger partial charge >= 0.3 is 11.9 Å². The number of benzene rings is 2. The molecule has 0 amide bonds. The molecule has 1 aromatic heterocycles. The summed E-state index contributed by atoms with van der Waals surface area (Å²) in [7, 11) is 0. The van der Waals surface area contributed by atoms with E-state index in [1.54, 1.807) is 0 Å². The standard InChI is InChI=1S/C24H22O14/c25-7-15-20(34)21(35)24(38-17(33)6-16(31)32)23(37-15)19-12(29)4-11(28)18-13(30)5-14(36-22(18)19)8-1-2-9(26)10(27)3-8/h1-5,15,20-21,23-29,34-35H,6-7H2,(H,31,32)/t15-,20-,21+,23+,24-/m1/s1. The number of hydrogen-bond donors (Lipinski definition) is 8. The summed E-state index contributed by atoms with van der Waals surface area (Å²) in [4.78, 5) is 36.1. The number of aliphatic carboxylic acids is 1. The minimum Gasteiger partial charge on any atom is -0.507 e. The summed E-state index contributed by atoms with van der Waals surface area (Å²) >= 11 is 0. The number of carboxylic acid groups (broad SMARTS) is 1. The number of aliphatic hydroxyl groups excluding tert-OH is 3. The third kappa shape index (κ3) is 4.80. The molecule has 14 nitrogen and oxygen atoms in total. The summed E-state index contributed by atoms with van der Waals surface area (Å²) in [6.07, 6.45) is -10.0. The lowest BCUT2D eigenvalue weighted by molar-refractivity contribution is -0.241. The normalized spacial score (nSPS) is 23.3. The lowest BCUT2D eigenvalue weighted by Crippen LogP contribution is -2.56. The molecule has 2 aromatic carbocycles. The van der Waals surface area contributed by atoms with Crippen molar-refractivity contribution in [1.29, 1.82) is 0 Å². The van der Waals surface area contributed by atoms with Gasteiger partial charge in [-0.2, -0.15) is 0 Å². The first-order valence-corrected chi connectivity index (χ1v) is 11.0. The van der Waals surface area contributed by atoms with Crippen molar-refractivity contribution in [3.8, 4) is 34.3 Å². The Labute approximate surface area is 211 Å². The predicted molar refractivity (Wildman–Crippen MR) is 123 cm³/mol. The summed E-state index contributed by atoms with van der Waals surface area (Å²) in [6, 6.07) is 5.18. The number of aliphatic hydroxyl groups is 3. The second-order valence-corrected chi connectivity index (χ2v) is 8.49. The Morgan fingerprint density at radius 3 is 2.26 bits per heavy atom. The van der Waals surface area contributed by atoms with Crippen molar-refractivity contribution in [1.82, 2.24) is 0 Å². The van der Waals surface area contributed by atoms with Gasteiger partial charge in [0.05, 0.1) is 12.2 Å². The van der Waals surface area contributed by atoms with E-state index in [1.807, 2.05) is 0 Å². The van der Waals surface area contributed by atoms with Gasteiger partial charge in [-0.15, -0.1) is 0 Å². The molecular formula is C24H22O14. The van der Waals surface area contributed by atoms with E-state index in [4.69, 9.17) is 19.0 Å². The molecule has 1 aliphatic rings. The minimum absolute atomic E-state index is 0.0887. The minimum atomic E-state index is -1.96. The van der Waals surface area contributed by atoms with Gasteiger partial charge in [-0.05, 0) is 18.2 Å². The average molecular weight is 534 g/mol. The molecule has 8 N–H and O–H groups in total. The van der Waals surface area contributed by atoms with E-state index in [0.717, 1.165) is 24.3 Å². The zero-order valence-corrected chi connectivity index (χ0v) is 19.2. The van der Waals surface area contributed by atoms with Crippen molar-refractivity contribution >= 4 is 22.9 Å². The first kappa shape index (κ1) is 26.7. The molecule has 0 spiro atoms. The van der Waals surface area contributed by atoms with Crippen molar-refractivity contribution in [2.24, 2.45) is 0 Å². The molecule has 0 aliphatic carbocycles. The number of fused-ring (bicyclic) bond motifs is 1. The molecule has 1 fully saturated rings. The maximum atomic E-state index is 13.0. The van der Waals surface area contributed by atoms with Crippen molar-refractivity contribution < 1.29 is 64.3 Å². The van der Waals surface area contributed by atoms with Gasteiger partial charge in [0.25, 0.3) is 0 Å². The van der Waals surface area contributed by atoms with Crippen LogP contribution >= 0.6 is 0 Å². The first-order chi connectivity index (χ1) is 17.9. The number of phenolic OH excluding ortho intramolecular Hbond substituents is 4. The van der Waals surface area contributed by atoms with Gasteiger partial charge in [0.15, 0.2) is 28.6 Å². The summed E-state index contributed by atoms with van der Waals surface area (Å²) in [6.45, 7) is -0.844. The summed E-state index contributed by atoms with van der Waals surface area (Å²) in [5, 5.41) is 79.6. The monoisotopic (exact) mass is 534 g/mol. The molecule has 0 unspecified atom stereocenters. The number of carboxylic acids is 1. The number of esters is 1. The van der Waals surface area contributed by atoms with Crippen LogP contribution in [0, 0.1) is 0 Å². The highest BCUT2D eigenvalue weighted by Gasteiger charge is 2.49. The van der Waals surface area contributed by atoms with Crippen LogP contribution in [0.4, 0.5) is 0 Å². The number of carbonyl (C=O) groups excluding carboxylic acids is 1. The van der Waals surface area contributed by atoms with Crippen LogP contribution in [0.5, 0.6) is 23.0 Å². The third-order valence-corrected chi connectivity index (χ3v) is 5.97. The number of ether oxygens (including phenoxy) is 2. The summed E-state index contributed by atoms with van der Waals surface area (Å²) in [5.41, 5.74) is -1.70. The molecule has 38 heavy (non-hydrogen) atoms. The van der Waals surface area contributed by atoms with Gasteiger partial charge < -0.3 is 54.7 Å². The van der Waals surface area contributed by atoms with E-state index in [9.17, 15) is 50.1 Å². The van der Waals surface area contributed by atoms with Gasteiger partial charge in [-0.1, -0.05) is 0 Å². The van der Waals surface area contributed by atoms with Gasteiger partial charge in [0, 0.05) is 17.7 Å². The maximum Gasteiger partial charge on any atom is 0.317 e. The second kappa shape index (κ2) is 10.2. The van der Waals surface area contributed by atoms with Gasteiger partial charge in [0.1, 0.15) is 53.5 Å². The zero-order chi connectivity index (χ0) is 27.9. The number of aromatic hydroxyl groups is 4. The molecule has 3 aromatic rings. The Balaban J connectivity index is 1.95. The van der Waals surface area contributed by atoms with Crippen LogP contribution in [0.1, 0.15) is 18.1 Å². The van der Waals surface area contributed by atoms with Crippen LogP contribution in [0.2, 0.25) is 0 Å². The molecule has 5 atom stereocenters. The lowest BCUT2D eigenvalue weighted by atomic mass is 9.89. The lowest BCUT2D eigenvalue weighted by Gasteiger charge is -2.42. The van der Waals surface area contributed by atoms with Crippen LogP contribution in [-0.2, 0) is 19.1 Å². The fraction of sp³-hybridized carbons (Fsp3) is 0.292. The summed E-state index contributed by atoms with van der Waals surface area (Å²) < 4.78 is 16.5. The molecule has 2 heterocycles. The van der Waals surface area contributed by atoms with E-state index in [1.165, 1.54) is 6.07 Å². The molecule has 0 bridgehead atoms. The van der Waals surface area contributed by atoms with Crippen LogP contribution < -0.4 is 5.43 Å². The van der Waals surface area contributed by atoms with Gasteiger partial charge in [0.2, 0.25) is 0 Å². The fourth-order valence-electron chi connectivity index (χ4n) is 4.19. The highest BCUT2D eigenvalue weighted by Crippen LogP contribution is 2.45. The van der Waals surface area contributed by atoms with Gasteiger partial charge in [-0.25, -0.2) is 0 Å². The first-order valence-electron chi connectivity index (χ1n) is 11.0. The van der Waals surface area contributed by atoms with Crippen molar-refractivity contribution in [3.05, 3.63) is 46.1 Å². The number of phenols is 4. The molecule has 0 saturated carbocycles. The highest BCUT2D eigenvalue weighted by molar-refractivity contribution is 5.91. The van der Waals surface area contributed by atoms with Crippen LogP contribution in [0.25, 0.3) is 22.3 Å². The molecule has 14 heteroatoms. The van der Waals surface area contributed by atoms with Crippen LogP contribution in [-0.4, -0.2) is 83.8 Å². The van der Waals surface area contributed by atoms with Crippen LogP contribution in [0.15, 0.2) is 39.5 Å². The smallest absolute Gasteiger partial charge is 0.317 e. The molecule has 1 aliphatic heterocycles. The Hall–Kier alpha value is -4.37. The molecule has 202 valence electrons. The summed E-state index contributed by atoms with van der Waals surface area (Å²) in [5.74, 6) is -5.60. The Bertz CT molecular complexity index is 1460. The fourth-order valence-corrected chi connectivity index (χ4v) is 4.19. The van der Waals surface area contributed by atoms with Gasteiger partial charge in [-0.3, -0.25) is 14.4 Å². The van der Waals surface area contributed by atoms with E-state index in [2.05, 4.69) is 0 Å². The third-order valence-electron chi connectivity index (χ3n) is 5.97. The molecular weight excluding hydrogens is 512 g/mol. The average Bonchev–Trinajstić information content (AvgIpc) is 2.83. The topological polar surface area (TPSA) is 245 Å². The van der Waals surface area contributed by atoms with Crippen molar-refractivity contribution in [3.63, 3.8) is 0 Å². The Kier molecular flexibility index (Phi) is 7.15. The molecule has 0 radical (unpaired) electrons. The largest absolute Gasteiger partial charge is 0.507 e. The Morgan fingerprint density at radius 1 is 0.921 bits per heavy atom. The molecule has 4 rings (SSSR count). The second-order valence-electron chi connectivity index (χ2n) is 8.49. The van der Waals surface area contributed by atoms with Crippen molar-refractivity contribution in [2.75, 3.05) is 6.61 Å². The number of carbonyl (C=O) groups is 2. The number of hydrogen-bond acceptors (Lipinski definition) is 13. The maximum absolute atomic E-state index is 13.0. The number of rotatable bonds is 6. The highest BCUT2D eigenvalue weighted by atomic mass is 16.6. The van der Waals surface area contributed by atoms with E-state index in [0.29, 0.717) is 0 Å². The van der Waals surface area contributed by atoms with Crippen LogP contribution in [0.3, 0.4) is 0 Å². The Morgan fingerprint density at radius 2 is 1.63 bits per heavy atom. The van der Waals surface area contributed by atoms with E-state index in [-0.39, 0.29) is 11.3 Å². The quantitative estimate of drug-likeness (QED) is 0.116. The SMILES string of the molecule is O=C(O)CC(=O)O[C@@H]1[C@@H](O)[C@H](O)[C@@H](CO)O[C@H]1c1c(O)cc(O)c2c(=O)cc(-c3ccc(O)c(O)c3)oc12. The van der Waals surface area contributed by atoms with Crippen molar-refractivity contribution in [2.45, 2.75) is 36.9 Å². The van der Waals surface area contributed by atoms with E-state index < -0.39 is 100 Å². The van der Waals surface area contributed by atoms with E-state index >= 15 is 0 Å². The predicted octanol–water partition coefficient (Wildman–Crippen LogP) is -0.177.